The SMILES string of the molecule is N[C@H](c1cc(C(F)(F)F)cc(Cl)c1F)C1CCOCC1. The maximum Gasteiger partial charge on any atom is 0.416 e. The molecule has 0 amide bonds. The standard InChI is InChI=1S/C13H14ClF4NO/c14-10-6-8(13(16,17)18)5-9(11(10)15)12(19)7-1-3-20-4-2-7/h5-7,12H,1-4,19H2/t12-/m0/s1. The maximum atomic E-state index is 14.0. The number of hydrogen-bond donors (Lipinski definition) is 1. The van der Waals surface area contributed by atoms with Crippen LogP contribution in [0.15, 0.2) is 12.1 Å². The Kier molecular flexibility index (Phi) is 4.56. The summed E-state index contributed by atoms with van der Waals surface area (Å²) in [5.41, 5.74) is 4.76. The lowest BCUT2D eigenvalue weighted by molar-refractivity contribution is -0.137. The molecular formula is C13H14ClF4NO. The van der Waals surface area contributed by atoms with Crippen LogP contribution >= 0.6 is 11.6 Å². The zero-order valence-electron chi connectivity index (χ0n) is 10.5. The molecule has 1 atom stereocenters. The molecule has 7 heteroatoms. The first-order chi connectivity index (χ1) is 9.30. The highest BCUT2D eigenvalue weighted by Gasteiger charge is 2.34. The summed E-state index contributed by atoms with van der Waals surface area (Å²) in [6.45, 7) is 0.958. The van der Waals surface area contributed by atoms with Gasteiger partial charge in [-0.25, -0.2) is 4.39 Å². The molecule has 1 fully saturated rings. The number of benzene rings is 1. The Morgan fingerprint density at radius 3 is 2.40 bits per heavy atom. The van der Waals surface area contributed by atoms with Gasteiger partial charge in [-0.15, -0.1) is 0 Å². The van der Waals surface area contributed by atoms with E-state index in [0.29, 0.717) is 32.1 Å². The molecule has 2 rings (SSSR count). The highest BCUT2D eigenvalue weighted by atomic mass is 35.5. The fourth-order valence-electron chi connectivity index (χ4n) is 2.35. The predicted octanol–water partition coefficient (Wildman–Crippen LogP) is 3.92. The van der Waals surface area contributed by atoms with Crippen LogP contribution in [0.1, 0.15) is 30.0 Å². The van der Waals surface area contributed by atoms with Crippen molar-refractivity contribution in [2.24, 2.45) is 11.7 Å². The Balaban J connectivity index is 2.36. The molecule has 1 aliphatic heterocycles. The van der Waals surface area contributed by atoms with E-state index in [0.717, 1.165) is 6.07 Å². The quantitative estimate of drug-likeness (QED) is 0.840. The molecule has 0 bridgehead atoms. The minimum Gasteiger partial charge on any atom is -0.381 e. The summed E-state index contributed by atoms with van der Waals surface area (Å²) >= 11 is 5.55. The Hall–Kier alpha value is -0.850. The summed E-state index contributed by atoms with van der Waals surface area (Å²) in [7, 11) is 0. The second-order valence-electron chi connectivity index (χ2n) is 4.83. The van der Waals surface area contributed by atoms with Crippen LogP contribution in [0, 0.1) is 11.7 Å². The summed E-state index contributed by atoms with van der Waals surface area (Å²) in [6.07, 6.45) is -3.40. The summed E-state index contributed by atoms with van der Waals surface area (Å²) in [4.78, 5) is 0. The largest absolute Gasteiger partial charge is 0.416 e. The highest BCUT2D eigenvalue weighted by molar-refractivity contribution is 6.30. The minimum atomic E-state index is -4.58. The first-order valence-corrected chi connectivity index (χ1v) is 6.58. The monoisotopic (exact) mass is 311 g/mol. The lowest BCUT2D eigenvalue weighted by Gasteiger charge is -2.28. The molecule has 1 aromatic rings. The van der Waals surface area contributed by atoms with Crippen molar-refractivity contribution in [2.45, 2.75) is 25.1 Å². The molecule has 1 heterocycles. The van der Waals surface area contributed by atoms with E-state index in [4.69, 9.17) is 22.1 Å². The van der Waals surface area contributed by atoms with Crippen LogP contribution in [0.25, 0.3) is 0 Å². The van der Waals surface area contributed by atoms with Gasteiger partial charge in [-0.05, 0) is 30.9 Å². The molecule has 0 aliphatic carbocycles. The molecule has 2 nitrogen and oxygen atoms in total. The van der Waals surface area contributed by atoms with Crippen molar-refractivity contribution in [2.75, 3.05) is 13.2 Å². The highest BCUT2D eigenvalue weighted by Crippen LogP contribution is 2.37. The van der Waals surface area contributed by atoms with Gasteiger partial charge >= 0.3 is 6.18 Å². The van der Waals surface area contributed by atoms with Gasteiger partial charge < -0.3 is 10.5 Å². The van der Waals surface area contributed by atoms with Gasteiger partial charge in [0.15, 0.2) is 0 Å². The van der Waals surface area contributed by atoms with E-state index in [1.807, 2.05) is 0 Å². The number of alkyl halides is 3. The van der Waals surface area contributed by atoms with Crippen molar-refractivity contribution >= 4 is 11.6 Å². The first-order valence-electron chi connectivity index (χ1n) is 6.20. The molecule has 0 saturated carbocycles. The van der Waals surface area contributed by atoms with Gasteiger partial charge in [0.25, 0.3) is 0 Å². The number of ether oxygens (including phenoxy) is 1. The average Bonchev–Trinajstić information content (AvgIpc) is 2.40. The molecule has 112 valence electrons. The number of rotatable bonds is 2. The van der Waals surface area contributed by atoms with Crippen molar-refractivity contribution in [1.82, 2.24) is 0 Å². The topological polar surface area (TPSA) is 35.2 Å². The second kappa shape index (κ2) is 5.87. The molecule has 1 saturated heterocycles. The van der Waals surface area contributed by atoms with Gasteiger partial charge in [0, 0.05) is 24.8 Å². The smallest absolute Gasteiger partial charge is 0.381 e. The number of hydrogen-bond acceptors (Lipinski definition) is 2. The molecule has 2 N–H and O–H groups in total. The zero-order chi connectivity index (χ0) is 14.9. The van der Waals surface area contributed by atoms with Crippen LogP contribution < -0.4 is 5.73 Å². The maximum absolute atomic E-state index is 14.0. The summed E-state index contributed by atoms with van der Waals surface area (Å²) in [6, 6.07) is 0.511. The van der Waals surface area contributed by atoms with Gasteiger partial charge in [0.2, 0.25) is 0 Å². The lowest BCUT2D eigenvalue weighted by atomic mass is 9.87. The third kappa shape index (κ3) is 3.24. The normalized spacial score (nSPS) is 19.1. The van der Waals surface area contributed by atoms with Crippen molar-refractivity contribution in [3.8, 4) is 0 Å². The van der Waals surface area contributed by atoms with E-state index < -0.39 is 28.6 Å². The van der Waals surface area contributed by atoms with E-state index in [-0.39, 0.29) is 11.5 Å². The Labute approximate surface area is 118 Å². The Morgan fingerprint density at radius 1 is 1.25 bits per heavy atom. The van der Waals surface area contributed by atoms with E-state index >= 15 is 0 Å². The summed E-state index contributed by atoms with van der Waals surface area (Å²) < 4.78 is 57.4. The first kappa shape index (κ1) is 15.5. The van der Waals surface area contributed by atoms with Gasteiger partial charge in [0.1, 0.15) is 5.82 Å². The van der Waals surface area contributed by atoms with E-state index in [2.05, 4.69) is 0 Å². The fraction of sp³-hybridized carbons (Fsp3) is 0.538. The van der Waals surface area contributed by atoms with E-state index in [1.54, 1.807) is 0 Å². The predicted molar refractivity (Wildman–Crippen MR) is 66.9 cm³/mol. The van der Waals surface area contributed by atoms with Gasteiger partial charge in [-0.1, -0.05) is 11.6 Å². The molecule has 0 spiro atoms. The molecule has 1 aromatic carbocycles. The van der Waals surface area contributed by atoms with Crippen molar-refractivity contribution in [1.29, 1.82) is 0 Å². The zero-order valence-corrected chi connectivity index (χ0v) is 11.3. The average molecular weight is 312 g/mol. The van der Waals surface area contributed by atoms with Crippen LogP contribution in [0.2, 0.25) is 5.02 Å². The molecular weight excluding hydrogens is 298 g/mol. The summed E-state index contributed by atoms with van der Waals surface area (Å²) in [5.74, 6) is -0.989. The number of nitrogens with two attached hydrogens (primary N) is 1. The van der Waals surface area contributed by atoms with Crippen LogP contribution in [-0.4, -0.2) is 13.2 Å². The van der Waals surface area contributed by atoms with Crippen molar-refractivity contribution < 1.29 is 22.3 Å². The Bertz CT molecular complexity index is 486. The lowest BCUT2D eigenvalue weighted by Crippen LogP contribution is -2.28. The fourth-order valence-corrected chi connectivity index (χ4v) is 2.57. The van der Waals surface area contributed by atoms with Crippen LogP contribution in [0.4, 0.5) is 17.6 Å². The molecule has 20 heavy (non-hydrogen) atoms. The van der Waals surface area contributed by atoms with Crippen molar-refractivity contribution in [3.05, 3.63) is 34.1 Å². The third-order valence-electron chi connectivity index (χ3n) is 3.52. The third-order valence-corrected chi connectivity index (χ3v) is 3.79. The Morgan fingerprint density at radius 2 is 1.85 bits per heavy atom. The molecule has 0 unspecified atom stereocenters. The second-order valence-corrected chi connectivity index (χ2v) is 5.24. The van der Waals surface area contributed by atoms with Gasteiger partial charge in [-0.2, -0.15) is 13.2 Å². The van der Waals surface area contributed by atoms with E-state index in [1.165, 1.54) is 0 Å². The van der Waals surface area contributed by atoms with Crippen LogP contribution in [0.3, 0.4) is 0 Å². The molecule has 0 radical (unpaired) electrons. The molecule has 0 aromatic heterocycles. The van der Waals surface area contributed by atoms with Crippen molar-refractivity contribution in [3.63, 3.8) is 0 Å². The molecule has 1 aliphatic rings. The van der Waals surface area contributed by atoms with Gasteiger partial charge in [-0.3, -0.25) is 0 Å². The number of halogens is 5. The minimum absolute atomic E-state index is 0.113. The summed E-state index contributed by atoms with van der Waals surface area (Å²) in [5, 5.41) is -0.558. The van der Waals surface area contributed by atoms with E-state index in [9.17, 15) is 17.6 Å². The van der Waals surface area contributed by atoms with Crippen LogP contribution in [-0.2, 0) is 10.9 Å². The van der Waals surface area contributed by atoms with Gasteiger partial charge in [0.05, 0.1) is 10.6 Å². The van der Waals surface area contributed by atoms with Crippen LogP contribution in [0.5, 0.6) is 0 Å².